The Hall–Kier alpha value is -2.01. The van der Waals surface area contributed by atoms with E-state index < -0.39 is 0 Å². The molecule has 0 bridgehead atoms. The van der Waals surface area contributed by atoms with Crippen molar-refractivity contribution < 1.29 is 4.79 Å². The minimum atomic E-state index is -0.211. The lowest BCUT2D eigenvalue weighted by Crippen LogP contribution is -2.24. The minimum absolute atomic E-state index is 0.112. The molecule has 0 atom stereocenters. The molecule has 0 spiro atoms. The van der Waals surface area contributed by atoms with Crippen LogP contribution in [-0.2, 0) is 17.8 Å². The Kier molecular flexibility index (Phi) is 3.84. The third-order valence-electron chi connectivity index (χ3n) is 2.41. The highest BCUT2D eigenvalue weighted by atomic mass is 35.5. The molecule has 0 unspecified atom stereocenters. The molecular weight excluding hydrogens is 254 g/mol. The summed E-state index contributed by atoms with van der Waals surface area (Å²) in [6, 6.07) is 8.50. The Bertz CT molecular complexity index is 586. The van der Waals surface area contributed by atoms with Gasteiger partial charge in [-0.05, 0) is 17.7 Å². The van der Waals surface area contributed by atoms with Gasteiger partial charge in [-0.15, -0.1) is 0 Å². The number of nitrogens with one attached hydrogen (secondary N) is 3. The van der Waals surface area contributed by atoms with Crippen LogP contribution < -0.4 is 10.9 Å². The second-order valence-corrected chi connectivity index (χ2v) is 4.30. The molecule has 2 aromatic rings. The number of carbonyl (C=O) groups excluding carboxylic acids is 1. The Morgan fingerprint density at radius 1 is 1.22 bits per heavy atom. The van der Waals surface area contributed by atoms with Crippen LogP contribution in [0.15, 0.2) is 35.1 Å². The van der Waals surface area contributed by atoms with E-state index in [0.717, 1.165) is 5.56 Å². The lowest BCUT2D eigenvalue weighted by atomic mass is 10.1. The Morgan fingerprint density at radius 3 is 2.56 bits per heavy atom. The molecule has 1 aromatic carbocycles. The SMILES string of the molecule is O=C(Cc1ccc(Cl)cc1)NCc1cc(=O)[nH][nH]1. The van der Waals surface area contributed by atoms with Crippen LogP contribution in [0.5, 0.6) is 0 Å². The predicted molar refractivity (Wildman–Crippen MR) is 68.4 cm³/mol. The summed E-state index contributed by atoms with van der Waals surface area (Å²) in [4.78, 5) is 22.5. The molecule has 0 aliphatic carbocycles. The van der Waals surface area contributed by atoms with Crippen molar-refractivity contribution in [3.8, 4) is 0 Å². The van der Waals surface area contributed by atoms with Crippen molar-refractivity contribution in [2.75, 3.05) is 0 Å². The standard InChI is InChI=1S/C12H12ClN3O2/c13-9-3-1-8(2-4-9)5-11(17)14-7-10-6-12(18)16-15-10/h1-4,6H,5,7H2,(H,14,17)(H2,15,16,18). The van der Waals surface area contributed by atoms with Crippen LogP contribution in [0.4, 0.5) is 0 Å². The molecule has 1 heterocycles. The highest BCUT2D eigenvalue weighted by Crippen LogP contribution is 2.09. The van der Waals surface area contributed by atoms with Gasteiger partial charge < -0.3 is 10.4 Å². The average molecular weight is 266 g/mol. The summed E-state index contributed by atoms with van der Waals surface area (Å²) in [5.74, 6) is -0.112. The van der Waals surface area contributed by atoms with Gasteiger partial charge >= 0.3 is 0 Å². The third-order valence-corrected chi connectivity index (χ3v) is 2.66. The number of amides is 1. The molecule has 3 N–H and O–H groups in total. The van der Waals surface area contributed by atoms with Crippen LogP contribution in [-0.4, -0.2) is 16.1 Å². The van der Waals surface area contributed by atoms with Crippen molar-refractivity contribution in [2.45, 2.75) is 13.0 Å². The fraction of sp³-hybridized carbons (Fsp3) is 0.167. The van der Waals surface area contributed by atoms with E-state index in [4.69, 9.17) is 11.6 Å². The Labute approximate surface area is 108 Å². The van der Waals surface area contributed by atoms with E-state index in [-0.39, 0.29) is 17.9 Å². The predicted octanol–water partition coefficient (Wildman–Crippen LogP) is 1.22. The molecule has 0 saturated heterocycles. The smallest absolute Gasteiger partial charge is 0.264 e. The lowest BCUT2D eigenvalue weighted by Gasteiger charge is -2.03. The second kappa shape index (κ2) is 5.55. The first-order valence-electron chi connectivity index (χ1n) is 5.41. The molecule has 6 heteroatoms. The molecule has 0 aliphatic heterocycles. The van der Waals surface area contributed by atoms with Crippen LogP contribution in [0.25, 0.3) is 0 Å². The maximum Gasteiger partial charge on any atom is 0.264 e. The number of hydrogen-bond acceptors (Lipinski definition) is 2. The van der Waals surface area contributed by atoms with E-state index in [1.807, 2.05) is 0 Å². The molecule has 1 amide bonds. The zero-order valence-electron chi connectivity index (χ0n) is 9.50. The van der Waals surface area contributed by atoms with Gasteiger partial charge in [0.15, 0.2) is 0 Å². The lowest BCUT2D eigenvalue weighted by molar-refractivity contribution is -0.120. The maximum absolute atomic E-state index is 11.6. The number of halogens is 1. The highest BCUT2D eigenvalue weighted by molar-refractivity contribution is 6.30. The topological polar surface area (TPSA) is 77.8 Å². The van der Waals surface area contributed by atoms with E-state index >= 15 is 0 Å². The van der Waals surface area contributed by atoms with Gasteiger partial charge in [0, 0.05) is 11.1 Å². The quantitative estimate of drug-likeness (QED) is 0.777. The van der Waals surface area contributed by atoms with E-state index in [2.05, 4.69) is 15.5 Å². The molecule has 0 fully saturated rings. The molecule has 5 nitrogen and oxygen atoms in total. The number of hydrogen-bond donors (Lipinski definition) is 3. The van der Waals surface area contributed by atoms with E-state index in [9.17, 15) is 9.59 Å². The second-order valence-electron chi connectivity index (χ2n) is 3.86. The van der Waals surface area contributed by atoms with Gasteiger partial charge in [0.25, 0.3) is 5.56 Å². The molecule has 2 rings (SSSR count). The van der Waals surface area contributed by atoms with Gasteiger partial charge in [-0.3, -0.25) is 14.7 Å². The van der Waals surface area contributed by atoms with Gasteiger partial charge in [-0.1, -0.05) is 23.7 Å². The van der Waals surface area contributed by atoms with Crippen LogP contribution in [0, 0.1) is 0 Å². The minimum Gasteiger partial charge on any atom is -0.350 e. The number of H-pyrrole nitrogens is 2. The van der Waals surface area contributed by atoms with Gasteiger partial charge in [0.2, 0.25) is 5.91 Å². The summed E-state index contributed by atoms with van der Waals surface area (Å²) in [6.45, 7) is 0.297. The maximum atomic E-state index is 11.6. The first-order chi connectivity index (χ1) is 8.63. The monoisotopic (exact) mass is 265 g/mol. The molecule has 0 radical (unpaired) electrons. The number of benzene rings is 1. The zero-order valence-corrected chi connectivity index (χ0v) is 10.3. The molecule has 18 heavy (non-hydrogen) atoms. The first-order valence-corrected chi connectivity index (χ1v) is 5.79. The Morgan fingerprint density at radius 2 is 1.94 bits per heavy atom. The summed E-state index contributed by atoms with van der Waals surface area (Å²) >= 11 is 5.75. The van der Waals surface area contributed by atoms with Crippen molar-refractivity contribution in [1.82, 2.24) is 15.5 Å². The number of rotatable bonds is 4. The van der Waals surface area contributed by atoms with Gasteiger partial charge in [0.05, 0.1) is 18.7 Å². The number of aromatic amines is 2. The van der Waals surface area contributed by atoms with Gasteiger partial charge in [0.1, 0.15) is 0 Å². The summed E-state index contributed by atoms with van der Waals surface area (Å²) < 4.78 is 0. The Balaban J connectivity index is 1.85. The molecule has 1 aromatic heterocycles. The summed E-state index contributed by atoms with van der Waals surface area (Å²) in [5.41, 5.74) is 1.32. The molecule has 94 valence electrons. The van der Waals surface area contributed by atoms with Crippen molar-refractivity contribution in [3.05, 3.63) is 57.0 Å². The van der Waals surface area contributed by atoms with Gasteiger partial charge in [-0.25, -0.2) is 0 Å². The first kappa shape index (κ1) is 12.4. The normalized spacial score (nSPS) is 10.3. The van der Waals surface area contributed by atoms with Crippen LogP contribution >= 0.6 is 11.6 Å². The molecule has 0 aliphatic rings. The molecule has 0 saturated carbocycles. The van der Waals surface area contributed by atoms with E-state index in [1.54, 1.807) is 24.3 Å². The zero-order chi connectivity index (χ0) is 13.0. The van der Waals surface area contributed by atoms with Crippen LogP contribution in [0.2, 0.25) is 5.02 Å². The van der Waals surface area contributed by atoms with Crippen LogP contribution in [0.1, 0.15) is 11.3 Å². The summed E-state index contributed by atoms with van der Waals surface area (Å²) in [7, 11) is 0. The summed E-state index contributed by atoms with van der Waals surface area (Å²) in [6.07, 6.45) is 0.284. The van der Waals surface area contributed by atoms with Crippen molar-refractivity contribution in [3.63, 3.8) is 0 Å². The highest BCUT2D eigenvalue weighted by Gasteiger charge is 2.04. The fourth-order valence-electron chi connectivity index (χ4n) is 1.51. The van der Waals surface area contributed by atoms with Crippen molar-refractivity contribution in [2.24, 2.45) is 0 Å². The van der Waals surface area contributed by atoms with Crippen molar-refractivity contribution in [1.29, 1.82) is 0 Å². The number of carbonyl (C=O) groups is 1. The fourth-order valence-corrected chi connectivity index (χ4v) is 1.64. The number of aromatic nitrogens is 2. The largest absolute Gasteiger partial charge is 0.350 e. The third kappa shape index (κ3) is 3.49. The average Bonchev–Trinajstić information content (AvgIpc) is 2.76. The van der Waals surface area contributed by atoms with E-state index in [0.29, 0.717) is 17.3 Å². The van der Waals surface area contributed by atoms with E-state index in [1.165, 1.54) is 6.07 Å². The summed E-state index contributed by atoms with van der Waals surface area (Å²) in [5, 5.41) is 8.42. The van der Waals surface area contributed by atoms with Crippen molar-refractivity contribution >= 4 is 17.5 Å². The molecular formula is C12H12ClN3O2. The van der Waals surface area contributed by atoms with Crippen LogP contribution in [0.3, 0.4) is 0 Å². The van der Waals surface area contributed by atoms with Gasteiger partial charge in [-0.2, -0.15) is 0 Å².